The van der Waals surface area contributed by atoms with Crippen LogP contribution in [-0.2, 0) is 6.42 Å². The second-order valence-electron chi connectivity index (χ2n) is 4.43. The first-order chi connectivity index (χ1) is 8.84. The summed E-state index contributed by atoms with van der Waals surface area (Å²) in [5.41, 5.74) is 1.16. The first-order valence-electron chi connectivity index (χ1n) is 6.39. The molecule has 3 heteroatoms. The van der Waals surface area contributed by atoms with Gasteiger partial charge in [0.05, 0.1) is 6.26 Å². The van der Waals surface area contributed by atoms with Crippen LogP contribution in [0.5, 0.6) is 0 Å². The molecule has 1 heterocycles. The van der Waals surface area contributed by atoms with Gasteiger partial charge < -0.3 is 15.1 Å². The fourth-order valence-corrected chi connectivity index (χ4v) is 1.88. The van der Waals surface area contributed by atoms with Gasteiger partial charge in [0.25, 0.3) is 0 Å². The van der Waals surface area contributed by atoms with E-state index >= 15 is 0 Å². The third kappa shape index (κ3) is 4.26. The number of furan rings is 1. The summed E-state index contributed by atoms with van der Waals surface area (Å²) in [6, 6.07) is 14.6. The number of hydrogen-bond donors (Lipinski definition) is 2. The van der Waals surface area contributed by atoms with E-state index in [0.717, 1.165) is 31.0 Å². The largest absolute Gasteiger partial charge is 0.469 e. The molecule has 1 aromatic heterocycles. The number of hydrogen-bond acceptors (Lipinski definition) is 3. The van der Waals surface area contributed by atoms with Gasteiger partial charge in [-0.15, -0.1) is 0 Å². The van der Waals surface area contributed by atoms with Gasteiger partial charge in [-0.05, 0) is 31.2 Å². The molecule has 0 amide bonds. The molecule has 18 heavy (non-hydrogen) atoms. The van der Waals surface area contributed by atoms with Crippen LogP contribution in [0, 0.1) is 0 Å². The second kappa shape index (κ2) is 6.87. The number of nitrogens with one attached hydrogen (secondary N) is 2. The van der Waals surface area contributed by atoms with Gasteiger partial charge in [-0.25, -0.2) is 0 Å². The summed E-state index contributed by atoms with van der Waals surface area (Å²) < 4.78 is 5.32. The average Bonchev–Trinajstić information content (AvgIpc) is 2.89. The molecule has 0 fully saturated rings. The first-order valence-corrected chi connectivity index (χ1v) is 6.39. The monoisotopic (exact) mass is 244 g/mol. The highest BCUT2D eigenvalue weighted by atomic mass is 16.3. The summed E-state index contributed by atoms with van der Waals surface area (Å²) in [5, 5.41) is 6.84. The predicted molar refractivity (Wildman–Crippen MR) is 74.8 cm³/mol. The lowest BCUT2D eigenvalue weighted by Crippen LogP contribution is -2.32. The summed E-state index contributed by atoms with van der Waals surface area (Å²) in [6.45, 7) is 4.04. The van der Waals surface area contributed by atoms with E-state index < -0.39 is 0 Å². The second-order valence-corrected chi connectivity index (χ2v) is 4.43. The minimum Gasteiger partial charge on any atom is -0.469 e. The number of para-hydroxylation sites is 1. The zero-order valence-electron chi connectivity index (χ0n) is 10.7. The Hall–Kier alpha value is -1.74. The van der Waals surface area contributed by atoms with Crippen molar-refractivity contribution in [3.8, 4) is 0 Å². The van der Waals surface area contributed by atoms with Crippen LogP contribution in [0.15, 0.2) is 53.1 Å². The molecule has 1 atom stereocenters. The molecule has 0 aliphatic rings. The van der Waals surface area contributed by atoms with E-state index in [9.17, 15) is 0 Å². The SMILES string of the molecule is CC(Cc1ccco1)NCCNc1ccccc1. The molecule has 3 nitrogen and oxygen atoms in total. The van der Waals surface area contributed by atoms with Gasteiger partial charge in [0.15, 0.2) is 0 Å². The molecule has 2 N–H and O–H groups in total. The standard InChI is InChI=1S/C15H20N2O/c1-13(12-15-8-5-11-18-15)16-9-10-17-14-6-3-2-4-7-14/h2-8,11,13,16-17H,9-10,12H2,1H3. The molecule has 0 radical (unpaired) electrons. The summed E-state index contributed by atoms with van der Waals surface area (Å²) in [7, 11) is 0. The van der Waals surface area contributed by atoms with Crippen molar-refractivity contribution in [3.63, 3.8) is 0 Å². The van der Waals surface area contributed by atoms with Gasteiger partial charge in [0, 0.05) is 31.2 Å². The first kappa shape index (κ1) is 12.7. The highest BCUT2D eigenvalue weighted by Crippen LogP contribution is 2.05. The lowest BCUT2D eigenvalue weighted by Gasteiger charge is -2.13. The summed E-state index contributed by atoms with van der Waals surface area (Å²) in [5.74, 6) is 1.03. The molecular formula is C15H20N2O. The Labute approximate surface area is 108 Å². The highest BCUT2D eigenvalue weighted by Gasteiger charge is 2.04. The minimum absolute atomic E-state index is 0.425. The lowest BCUT2D eigenvalue weighted by atomic mass is 10.2. The fourth-order valence-electron chi connectivity index (χ4n) is 1.88. The summed E-state index contributed by atoms with van der Waals surface area (Å²) in [6.07, 6.45) is 2.65. The van der Waals surface area contributed by atoms with Crippen molar-refractivity contribution < 1.29 is 4.42 Å². The van der Waals surface area contributed by atoms with Crippen LogP contribution in [0.2, 0.25) is 0 Å². The van der Waals surface area contributed by atoms with E-state index in [4.69, 9.17) is 4.42 Å². The minimum atomic E-state index is 0.425. The molecule has 0 aliphatic heterocycles. The van der Waals surface area contributed by atoms with Crippen molar-refractivity contribution in [1.29, 1.82) is 0 Å². The van der Waals surface area contributed by atoms with Crippen LogP contribution in [0.3, 0.4) is 0 Å². The molecule has 1 unspecified atom stereocenters. The van der Waals surface area contributed by atoms with E-state index in [1.165, 1.54) is 0 Å². The van der Waals surface area contributed by atoms with Gasteiger partial charge in [0.2, 0.25) is 0 Å². The maximum atomic E-state index is 5.32. The fraction of sp³-hybridized carbons (Fsp3) is 0.333. The van der Waals surface area contributed by atoms with E-state index in [0.29, 0.717) is 6.04 Å². The predicted octanol–water partition coefficient (Wildman–Crippen LogP) is 2.91. The van der Waals surface area contributed by atoms with Crippen molar-refractivity contribution in [2.45, 2.75) is 19.4 Å². The van der Waals surface area contributed by atoms with Gasteiger partial charge in [-0.2, -0.15) is 0 Å². The van der Waals surface area contributed by atoms with E-state index in [1.807, 2.05) is 30.3 Å². The molecular weight excluding hydrogens is 224 g/mol. The summed E-state index contributed by atoms with van der Waals surface area (Å²) >= 11 is 0. The van der Waals surface area contributed by atoms with Crippen LogP contribution >= 0.6 is 0 Å². The van der Waals surface area contributed by atoms with E-state index in [2.05, 4.69) is 29.7 Å². The molecule has 0 aliphatic carbocycles. The number of benzene rings is 1. The Bertz CT molecular complexity index is 425. The Balaban J connectivity index is 1.60. The molecule has 96 valence electrons. The molecule has 0 bridgehead atoms. The van der Waals surface area contributed by atoms with E-state index in [1.54, 1.807) is 6.26 Å². The van der Waals surface area contributed by atoms with Crippen molar-refractivity contribution in [2.75, 3.05) is 18.4 Å². The molecule has 0 saturated carbocycles. The Morgan fingerprint density at radius 3 is 2.61 bits per heavy atom. The maximum absolute atomic E-state index is 5.32. The Morgan fingerprint density at radius 2 is 1.89 bits per heavy atom. The zero-order valence-corrected chi connectivity index (χ0v) is 10.7. The van der Waals surface area contributed by atoms with Crippen LogP contribution in [0.4, 0.5) is 5.69 Å². The van der Waals surface area contributed by atoms with Gasteiger partial charge in [-0.3, -0.25) is 0 Å². The maximum Gasteiger partial charge on any atom is 0.105 e. The van der Waals surface area contributed by atoms with Crippen LogP contribution in [-0.4, -0.2) is 19.1 Å². The van der Waals surface area contributed by atoms with Crippen LogP contribution < -0.4 is 10.6 Å². The highest BCUT2D eigenvalue weighted by molar-refractivity contribution is 5.42. The third-order valence-electron chi connectivity index (χ3n) is 2.81. The Kier molecular flexibility index (Phi) is 4.85. The third-order valence-corrected chi connectivity index (χ3v) is 2.81. The van der Waals surface area contributed by atoms with Crippen molar-refractivity contribution in [1.82, 2.24) is 5.32 Å². The smallest absolute Gasteiger partial charge is 0.105 e. The zero-order chi connectivity index (χ0) is 12.6. The van der Waals surface area contributed by atoms with Crippen molar-refractivity contribution in [2.24, 2.45) is 0 Å². The molecule has 0 spiro atoms. The van der Waals surface area contributed by atoms with Gasteiger partial charge in [-0.1, -0.05) is 18.2 Å². The van der Waals surface area contributed by atoms with Crippen LogP contribution in [0.1, 0.15) is 12.7 Å². The molecule has 2 rings (SSSR count). The number of anilines is 1. The van der Waals surface area contributed by atoms with Crippen molar-refractivity contribution >= 4 is 5.69 Å². The Morgan fingerprint density at radius 1 is 1.06 bits per heavy atom. The lowest BCUT2D eigenvalue weighted by molar-refractivity contribution is 0.461. The molecule has 0 saturated heterocycles. The topological polar surface area (TPSA) is 37.2 Å². The molecule has 2 aromatic rings. The van der Waals surface area contributed by atoms with E-state index in [-0.39, 0.29) is 0 Å². The average molecular weight is 244 g/mol. The van der Waals surface area contributed by atoms with Crippen LogP contribution in [0.25, 0.3) is 0 Å². The molecule has 1 aromatic carbocycles. The number of rotatable bonds is 7. The summed E-state index contributed by atoms with van der Waals surface area (Å²) in [4.78, 5) is 0. The van der Waals surface area contributed by atoms with Crippen molar-refractivity contribution in [3.05, 3.63) is 54.5 Å². The van der Waals surface area contributed by atoms with Gasteiger partial charge in [0.1, 0.15) is 5.76 Å². The van der Waals surface area contributed by atoms with Gasteiger partial charge >= 0.3 is 0 Å². The normalized spacial score (nSPS) is 12.3. The quantitative estimate of drug-likeness (QED) is 0.735.